The summed E-state index contributed by atoms with van der Waals surface area (Å²) in [5.41, 5.74) is 6.31. The van der Waals surface area contributed by atoms with E-state index in [1.165, 1.54) is 27.8 Å². The van der Waals surface area contributed by atoms with Gasteiger partial charge in [0, 0.05) is 0 Å². The van der Waals surface area contributed by atoms with E-state index >= 15 is 0 Å². The lowest BCUT2D eigenvalue weighted by Crippen LogP contribution is -2.31. The first-order chi connectivity index (χ1) is 12.3. The smallest absolute Gasteiger partial charge is 0.0698 e. The van der Waals surface area contributed by atoms with Crippen LogP contribution in [0, 0.1) is 6.92 Å². The summed E-state index contributed by atoms with van der Waals surface area (Å²) in [6.07, 6.45) is 7.92. The fourth-order valence-corrected chi connectivity index (χ4v) is 3.99. The van der Waals surface area contributed by atoms with Crippen molar-refractivity contribution < 1.29 is 0 Å². The molecule has 0 atom stereocenters. The molecule has 0 heteroatoms. The average Bonchev–Trinajstić information content (AvgIpc) is 3.19. The molecule has 0 nitrogen and oxygen atoms in total. The Morgan fingerprint density at radius 2 is 1.28 bits per heavy atom. The minimum Gasteiger partial charge on any atom is -0.0804 e. The highest BCUT2D eigenvalue weighted by Crippen LogP contribution is 2.47. The van der Waals surface area contributed by atoms with Crippen LogP contribution in [0.5, 0.6) is 0 Å². The minimum atomic E-state index is -0.276. The molecule has 0 aliphatic heterocycles. The molecule has 3 aromatic rings. The van der Waals surface area contributed by atoms with Crippen LogP contribution in [0.3, 0.4) is 0 Å². The van der Waals surface area contributed by atoms with Crippen molar-refractivity contribution in [1.82, 2.24) is 0 Å². The van der Waals surface area contributed by atoms with Crippen LogP contribution in [-0.4, -0.2) is 0 Å². The fraction of sp³-hybridized carbons (Fsp3) is 0.120. The quantitative estimate of drug-likeness (QED) is 0.500. The first-order valence-corrected chi connectivity index (χ1v) is 8.87. The molecule has 0 heterocycles. The summed E-state index contributed by atoms with van der Waals surface area (Å²) in [7, 11) is 0. The van der Waals surface area contributed by atoms with Gasteiger partial charge in [0.1, 0.15) is 0 Å². The molecule has 0 radical (unpaired) electrons. The molecule has 0 bridgehead atoms. The van der Waals surface area contributed by atoms with E-state index in [2.05, 4.69) is 110 Å². The van der Waals surface area contributed by atoms with E-state index < -0.39 is 0 Å². The van der Waals surface area contributed by atoms with Crippen molar-refractivity contribution in [1.29, 1.82) is 0 Å². The zero-order valence-electron chi connectivity index (χ0n) is 14.5. The van der Waals surface area contributed by atoms with E-state index in [-0.39, 0.29) is 5.41 Å². The van der Waals surface area contributed by atoms with E-state index in [1.807, 2.05) is 0 Å². The van der Waals surface area contributed by atoms with Gasteiger partial charge in [-0.15, -0.1) is 0 Å². The second-order valence-corrected chi connectivity index (χ2v) is 6.65. The van der Waals surface area contributed by atoms with Crippen LogP contribution in [0.15, 0.2) is 109 Å². The maximum atomic E-state index is 2.36. The molecule has 0 amide bonds. The molecule has 25 heavy (non-hydrogen) atoms. The number of benzene rings is 3. The van der Waals surface area contributed by atoms with E-state index in [9.17, 15) is 0 Å². The molecule has 0 saturated heterocycles. The zero-order valence-corrected chi connectivity index (χ0v) is 14.5. The summed E-state index contributed by atoms with van der Waals surface area (Å²) in [6.45, 7) is 2.17. The largest absolute Gasteiger partial charge is 0.0804 e. The van der Waals surface area contributed by atoms with Gasteiger partial charge in [0.05, 0.1) is 5.41 Å². The lowest BCUT2D eigenvalue weighted by Gasteiger charge is -2.37. The summed E-state index contributed by atoms with van der Waals surface area (Å²) in [4.78, 5) is 0. The third-order valence-electron chi connectivity index (χ3n) is 5.07. The van der Waals surface area contributed by atoms with Crippen molar-refractivity contribution in [3.05, 3.63) is 131 Å². The predicted molar refractivity (Wildman–Crippen MR) is 106 cm³/mol. The maximum Gasteiger partial charge on any atom is 0.0698 e. The Bertz CT molecular complexity index is 875. The molecule has 0 fully saturated rings. The van der Waals surface area contributed by atoms with Gasteiger partial charge in [-0.3, -0.25) is 0 Å². The standard InChI is InChI=1S/C25H22/c1-20-11-10-18-24(19-20)25(23-16-8-9-17-23,21-12-4-2-5-13-21)22-14-6-3-7-15-22/h2-8,10-19H,9H2,1H3. The first kappa shape index (κ1) is 15.7. The van der Waals surface area contributed by atoms with Crippen LogP contribution in [0.4, 0.5) is 0 Å². The third-order valence-corrected chi connectivity index (χ3v) is 5.07. The van der Waals surface area contributed by atoms with Crippen LogP contribution >= 0.6 is 0 Å². The van der Waals surface area contributed by atoms with Gasteiger partial charge < -0.3 is 0 Å². The molecule has 1 aliphatic carbocycles. The van der Waals surface area contributed by atoms with Crippen LogP contribution < -0.4 is 0 Å². The highest BCUT2D eigenvalue weighted by atomic mass is 14.4. The Morgan fingerprint density at radius 1 is 0.680 bits per heavy atom. The van der Waals surface area contributed by atoms with E-state index in [0.29, 0.717) is 0 Å². The molecule has 0 saturated carbocycles. The van der Waals surface area contributed by atoms with Crippen LogP contribution in [0.1, 0.15) is 28.7 Å². The van der Waals surface area contributed by atoms with Crippen molar-refractivity contribution in [2.24, 2.45) is 0 Å². The molecule has 1 aliphatic rings. The number of allylic oxidation sites excluding steroid dienone is 4. The zero-order chi connectivity index (χ0) is 17.1. The molecule has 0 unspecified atom stereocenters. The van der Waals surface area contributed by atoms with Gasteiger partial charge in [0.25, 0.3) is 0 Å². The Morgan fingerprint density at radius 3 is 1.80 bits per heavy atom. The van der Waals surface area contributed by atoms with Gasteiger partial charge in [0.2, 0.25) is 0 Å². The van der Waals surface area contributed by atoms with Gasteiger partial charge in [-0.25, -0.2) is 0 Å². The van der Waals surface area contributed by atoms with Crippen molar-refractivity contribution in [2.45, 2.75) is 18.8 Å². The van der Waals surface area contributed by atoms with Gasteiger partial charge in [0.15, 0.2) is 0 Å². The van der Waals surface area contributed by atoms with Crippen LogP contribution in [-0.2, 0) is 5.41 Å². The van der Waals surface area contributed by atoms with Crippen molar-refractivity contribution in [3.63, 3.8) is 0 Å². The summed E-state index contributed by atoms with van der Waals surface area (Å²) in [5.74, 6) is 0. The number of hydrogen-bond acceptors (Lipinski definition) is 0. The average molecular weight is 322 g/mol. The van der Waals surface area contributed by atoms with E-state index in [1.54, 1.807) is 0 Å². The van der Waals surface area contributed by atoms with Crippen LogP contribution in [0.2, 0.25) is 0 Å². The van der Waals surface area contributed by atoms with Crippen molar-refractivity contribution >= 4 is 0 Å². The molecule has 0 spiro atoms. The van der Waals surface area contributed by atoms with Crippen molar-refractivity contribution in [3.8, 4) is 0 Å². The summed E-state index contributed by atoms with van der Waals surface area (Å²) >= 11 is 0. The Kier molecular flexibility index (Phi) is 4.11. The lowest BCUT2D eigenvalue weighted by atomic mass is 9.64. The van der Waals surface area contributed by atoms with Crippen molar-refractivity contribution in [2.75, 3.05) is 0 Å². The maximum absolute atomic E-state index is 2.36. The Labute approximate surface area is 150 Å². The molecule has 4 rings (SSSR count). The molecule has 3 aromatic carbocycles. The highest BCUT2D eigenvalue weighted by Gasteiger charge is 2.39. The molecule has 122 valence electrons. The second kappa shape index (κ2) is 6.57. The number of rotatable bonds is 4. The Balaban J connectivity index is 2.10. The SMILES string of the molecule is Cc1cccc(C(C2=CCC=C2)(c2ccccc2)c2ccccc2)c1. The molecular formula is C25H22. The lowest BCUT2D eigenvalue weighted by molar-refractivity contribution is 0.743. The molecule has 0 N–H and O–H groups in total. The van der Waals surface area contributed by atoms with E-state index in [4.69, 9.17) is 0 Å². The first-order valence-electron chi connectivity index (χ1n) is 8.87. The monoisotopic (exact) mass is 322 g/mol. The van der Waals surface area contributed by atoms with Gasteiger partial charge in [-0.2, -0.15) is 0 Å². The normalized spacial score (nSPS) is 13.7. The molecular weight excluding hydrogens is 300 g/mol. The molecule has 0 aromatic heterocycles. The summed E-state index contributed by atoms with van der Waals surface area (Å²) < 4.78 is 0. The predicted octanol–water partition coefficient (Wildman–Crippen LogP) is 6.22. The van der Waals surface area contributed by atoms with Gasteiger partial charge >= 0.3 is 0 Å². The number of aryl methyl sites for hydroxylation is 1. The third kappa shape index (κ3) is 2.64. The van der Waals surface area contributed by atoms with E-state index in [0.717, 1.165) is 6.42 Å². The van der Waals surface area contributed by atoms with Crippen LogP contribution in [0.25, 0.3) is 0 Å². The Hall–Kier alpha value is -2.86. The topological polar surface area (TPSA) is 0 Å². The second-order valence-electron chi connectivity index (χ2n) is 6.65. The highest BCUT2D eigenvalue weighted by molar-refractivity contribution is 5.62. The minimum absolute atomic E-state index is 0.276. The van der Waals surface area contributed by atoms with Gasteiger partial charge in [-0.05, 0) is 35.6 Å². The summed E-state index contributed by atoms with van der Waals surface area (Å²) in [5, 5.41) is 0. The number of hydrogen-bond donors (Lipinski definition) is 0. The fourth-order valence-electron chi connectivity index (χ4n) is 3.99. The summed E-state index contributed by atoms with van der Waals surface area (Å²) in [6, 6.07) is 30.7. The van der Waals surface area contributed by atoms with Gasteiger partial charge in [-0.1, -0.05) is 109 Å².